The third-order valence-electron chi connectivity index (χ3n) is 24.0. The highest BCUT2D eigenvalue weighted by Gasteiger charge is 2.56. The molecule has 23 nitrogen and oxygen atoms in total. The molecule has 1 spiro atoms. The van der Waals surface area contributed by atoms with Gasteiger partial charge in [-0.2, -0.15) is 26.3 Å². The lowest BCUT2D eigenvalue weighted by Gasteiger charge is -2.47. The van der Waals surface area contributed by atoms with E-state index in [9.17, 15) is 50.3 Å². The molecule has 3 unspecified atom stereocenters. The standard InChI is InChI=1S/C73H115F8N11O12/c1-14-42(6)60-68(101)87(11)44(8)64(97)91-32-29-53(91)67(100)90(15-2)56(37-45-23-26-48(27-24-45)72(76,77)78)66(99)85(9)40-57(93)82-52(28-25-46-35-50(74)59(51(75)36-46)73(79,80)81)65(98)92-39-49(104-16-3)38-55(92)63(96)84-71(30-20-31-71)70(103)89(13)61(47-21-18-17-19-22-47)69(102)86(10)43(7)34-58(94)88(12)54(33-41(4)5)62(95)83-60/h41-56,59-61H,14-40H2,1-13H3,(H,82,93)(H,83,95)(H,84,96)/t42-,43+,44-,45?,46?,48?,49?,50?,51?,52-,53-,54-,55-,56-,59?,60-,61-/m0/s1. The van der Waals surface area contributed by atoms with E-state index in [2.05, 4.69) is 16.0 Å². The third-order valence-corrected chi connectivity index (χ3v) is 24.0. The van der Waals surface area contributed by atoms with Gasteiger partial charge in [0.25, 0.3) is 0 Å². The molecule has 3 saturated heterocycles. The molecule has 4 aliphatic carbocycles. The van der Waals surface area contributed by atoms with E-state index < -0.39 is 211 Å². The average molecular weight is 1490 g/mol. The van der Waals surface area contributed by atoms with Crippen LogP contribution in [0.25, 0.3) is 0 Å². The minimum absolute atomic E-state index is 0.0159. The van der Waals surface area contributed by atoms with Crippen LogP contribution in [-0.2, 0) is 57.5 Å². The Morgan fingerprint density at radius 2 is 1.23 bits per heavy atom. The Bertz CT molecular complexity index is 3030. The number of likely N-dealkylation sites (N-methyl/N-ethyl adjacent to an activating group) is 6. The first kappa shape index (κ1) is 84.8. The first-order chi connectivity index (χ1) is 48.7. The second kappa shape index (κ2) is 36.0. The molecular formula is C73H115F8N11O12. The van der Waals surface area contributed by atoms with Crippen molar-refractivity contribution in [3.8, 4) is 0 Å². The van der Waals surface area contributed by atoms with Crippen molar-refractivity contribution in [3.63, 3.8) is 0 Å². The minimum atomic E-state index is -5.20. The lowest BCUT2D eigenvalue weighted by molar-refractivity contribution is -0.219. The van der Waals surface area contributed by atoms with Crippen LogP contribution >= 0.6 is 0 Å². The molecule has 31 heteroatoms. The van der Waals surface area contributed by atoms with Gasteiger partial charge < -0.3 is 59.9 Å². The van der Waals surface area contributed by atoms with Crippen molar-refractivity contribution in [2.24, 2.45) is 41.4 Å². The first-order valence-corrected chi connectivity index (χ1v) is 37.9. The molecule has 3 heterocycles. The molecular weight excluding hydrogens is 1370 g/mol. The van der Waals surface area contributed by atoms with Crippen molar-refractivity contribution < 1.29 is 92.6 Å². The molecule has 0 aromatic carbocycles. The SMILES string of the molecule is CCOC1C[C@H]2C(=O)NC3(CCC3)C(=O)N(C)[C@@H](C3CCCCC3)C(=O)N(C)[C@H](C)CC(=O)N(C)[C@@H](CC(C)C)C(=O)N[C@@H]([C@@H](C)CC)C(=O)N(C)[C@@H](C)C(=O)N3CC[C@H]3C(=O)N(CC)[C@@H](CC3CCC(C(F)(F)F)CC3)C(=O)N(C)CC(=O)N[C@@H](CCC3CC(F)C(C(F)(F)F)C(F)C3)C(=O)N2C1. The monoisotopic (exact) mass is 1490 g/mol. The van der Waals surface area contributed by atoms with Crippen LogP contribution in [0.15, 0.2) is 0 Å². The Morgan fingerprint density at radius 3 is 1.76 bits per heavy atom. The summed E-state index contributed by atoms with van der Waals surface area (Å²) in [5.41, 5.74) is -1.60. The van der Waals surface area contributed by atoms with E-state index in [1.807, 2.05) is 20.8 Å². The molecule has 3 N–H and O–H groups in total. The van der Waals surface area contributed by atoms with Crippen molar-refractivity contribution in [3.05, 3.63) is 0 Å². The average Bonchev–Trinajstić information content (AvgIpc) is 1.03. The van der Waals surface area contributed by atoms with E-state index in [-0.39, 0.29) is 115 Å². The van der Waals surface area contributed by atoms with Crippen LogP contribution in [0.5, 0.6) is 0 Å². The Morgan fingerprint density at radius 1 is 0.606 bits per heavy atom. The summed E-state index contributed by atoms with van der Waals surface area (Å²) in [5, 5.41) is 8.51. The summed E-state index contributed by atoms with van der Waals surface area (Å²) in [7, 11) is 7.10. The van der Waals surface area contributed by atoms with Crippen molar-refractivity contribution >= 4 is 65.0 Å². The zero-order valence-corrected chi connectivity index (χ0v) is 63.1. The number of hydrogen-bond donors (Lipinski definition) is 3. The maximum Gasteiger partial charge on any atom is 0.397 e. The highest BCUT2D eigenvalue weighted by molar-refractivity contribution is 6.00. The van der Waals surface area contributed by atoms with Crippen LogP contribution in [0.3, 0.4) is 0 Å². The molecule has 590 valence electrons. The van der Waals surface area contributed by atoms with Crippen molar-refractivity contribution in [2.75, 3.05) is 68.0 Å². The summed E-state index contributed by atoms with van der Waals surface area (Å²) in [6.45, 7) is 12.5. The first-order valence-electron chi connectivity index (χ1n) is 37.9. The largest absolute Gasteiger partial charge is 0.397 e. The number of rotatable bonds is 13. The van der Waals surface area contributed by atoms with Gasteiger partial charge in [0.2, 0.25) is 65.0 Å². The topological polar surface area (TPSA) is 259 Å². The zero-order chi connectivity index (χ0) is 77.4. The number of alkyl halides is 8. The van der Waals surface area contributed by atoms with E-state index >= 15 is 37.5 Å². The zero-order valence-electron chi connectivity index (χ0n) is 63.1. The number of carbonyl (C=O) groups is 11. The van der Waals surface area contributed by atoms with Gasteiger partial charge in [0, 0.05) is 80.4 Å². The Hall–Kier alpha value is -6.43. The molecule has 0 aromatic heterocycles. The maximum absolute atomic E-state index is 15.4. The van der Waals surface area contributed by atoms with Gasteiger partial charge in [-0.3, -0.25) is 52.7 Å². The minimum Gasteiger partial charge on any atom is -0.377 e. The molecule has 0 aromatic rings. The van der Waals surface area contributed by atoms with Crippen LogP contribution in [0, 0.1) is 41.4 Å². The smallest absolute Gasteiger partial charge is 0.377 e. The molecule has 104 heavy (non-hydrogen) atoms. The van der Waals surface area contributed by atoms with Crippen LogP contribution in [0.4, 0.5) is 35.1 Å². The molecule has 7 rings (SSSR count). The van der Waals surface area contributed by atoms with E-state index in [4.69, 9.17) is 4.74 Å². The van der Waals surface area contributed by atoms with Gasteiger partial charge in [0.05, 0.1) is 18.6 Å². The number of fused-ring (bicyclic) bond motifs is 2. The normalized spacial score (nSPS) is 33.2. The van der Waals surface area contributed by atoms with Gasteiger partial charge in [-0.05, 0) is 160 Å². The van der Waals surface area contributed by atoms with Gasteiger partial charge in [-0.25, -0.2) is 8.78 Å². The number of amides is 11. The second-order valence-electron chi connectivity index (χ2n) is 31.5. The van der Waals surface area contributed by atoms with E-state index in [1.165, 1.54) is 71.6 Å². The Kier molecular flexibility index (Phi) is 29.3. The van der Waals surface area contributed by atoms with Crippen molar-refractivity contribution in [2.45, 2.75) is 287 Å². The van der Waals surface area contributed by atoms with Crippen LogP contribution < -0.4 is 16.0 Å². The number of nitrogens with one attached hydrogen (secondary N) is 3. The number of halogens is 8. The third kappa shape index (κ3) is 19.8. The van der Waals surface area contributed by atoms with Gasteiger partial charge in [-0.15, -0.1) is 0 Å². The number of nitrogens with zero attached hydrogens (tertiary/aromatic N) is 8. The lowest BCUT2D eigenvalue weighted by atomic mass is 9.74. The fourth-order valence-corrected chi connectivity index (χ4v) is 16.8. The predicted octanol–water partition coefficient (Wildman–Crippen LogP) is 7.51. The van der Waals surface area contributed by atoms with Crippen LogP contribution in [-0.4, -0.2) is 263 Å². The molecule has 0 radical (unpaired) electrons. The fourth-order valence-electron chi connectivity index (χ4n) is 16.8. The highest BCUT2D eigenvalue weighted by atomic mass is 19.4. The van der Waals surface area contributed by atoms with Gasteiger partial charge >= 0.3 is 12.4 Å². The van der Waals surface area contributed by atoms with Gasteiger partial charge in [0.1, 0.15) is 72.1 Å². The number of ether oxygens (including phenoxy) is 1. The maximum atomic E-state index is 15.4. The number of hydrogen-bond acceptors (Lipinski definition) is 12. The predicted molar refractivity (Wildman–Crippen MR) is 368 cm³/mol. The van der Waals surface area contributed by atoms with Crippen LogP contribution in [0.1, 0.15) is 197 Å². The summed E-state index contributed by atoms with van der Waals surface area (Å²) in [6, 6.07) is -11.2. The lowest BCUT2D eigenvalue weighted by Crippen LogP contribution is -2.68. The molecule has 7 fully saturated rings. The molecule has 11 amide bonds. The van der Waals surface area contributed by atoms with Gasteiger partial charge in [0.15, 0.2) is 0 Å². The van der Waals surface area contributed by atoms with Crippen LogP contribution in [0.2, 0.25) is 0 Å². The van der Waals surface area contributed by atoms with Crippen molar-refractivity contribution in [1.29, 1.82) is 0 Å². The molecule has 13 atom stereocenters. The molecule has 3 aliphatic heterocycles. The number of carbonyl (C=O) groups excluding carboxylic acids is 11. The molecule has 4 saturated carbocycles. The van der Waals surface area contributed by atoms with Gasteiger partial charge in [-0.1, -0.05) is 53.4 Å². The van der Waals surface area contributed by atoms with E-state index in [1.54, 1.807) is 27.7 Å². The molecule has 7 aliphatic rings. The Balaban J connectivity index is 1.29. The van der Waals surface area contributed by atoms with Crippen molar-refractivity contribution in [1.82, 2.24) is 55.1 Å². The fraction of sp³-hybridized carbons (Fsp3) is 0.849. The Labute approximate surface area is 607 Å². The highest BCUT2D eigenvalue weighted by Crippen LogP contribution is 2.46. The van der Waals surface area contributed by atoms with E-state index in [0.29, 0.717) is 25.7 Å². The molecule has 0 bridgehead atoms. The summed E-state index contributed by atoms with van der Waals surface area (Å²) in [5.74, 6) is -15.0. The quantitative estimate of drug-likeness (QED) is 0.151. The van der Waals surface area contributed by atoms with E-state index in [0.717, 1.165) is 29.1 Å². The summed E-state index contributed by atoms with van der Waals surface area (Å²) >= 11 is 0. The summed E-state index contributed by atoms with van der Waals surface area (Å²) in [4.78, 5) is 175. The summed E-state index contributed by atoms with van der Waals surface area (Å²) < 4.78 is 121. The summed E-state index contributed by atoms with van der Waals surface area (Å²) in [6.07, 6.45) is -14.2. The second-order valence-corrected chi connectivity index (χ2v) is 31.5.